The van der Waals surface area contributed by atoms with E-state index in [1.807, 2.05) is 12.4 Å². The van der Waals surface area contributed by atoms with Gasteiger partial charge in [0.05, 0.1) is 11.9 Å². The Morgan fingerprint density at radius 1 is 1.05 bits per heavy atom. The maximum Gasteiger partial charge on any atom is 0.0632 e. The molecule has 19 heavy (non-hydrogen) atoms. The summed E-state index contributed by atoms with van der Waals surface area (Å²) in [6, 6.07) is 6.80. The Hall–Kier alpha value is -1.57. The maximum atomic E-state index is 4.42. The third kappa shape index (κ3) is 2.44. The van der Waals surface area contributed by atoms with E-state index < -0.39 is 0 Å². The maximum absolute atomic E-state index is 4.42. The van der Waals surface area contributed by atoms with Crippen molar-refractivity contribution in [3.05, 3.63) is 36.2 Å². The minimum absolute atomic E-state index is 0.576. The van der Waals surface area contributed by atoms with E-state index in [0.717, 1.165) is 0 Å². The zero-order valence-corrected chi connectivity index (χ0v) is 11.9. The molecule has 0 saturated carbocycles. The van der Waals surface area contributed by atoms with Crippen molar-refractivity contribution in [3.8, 4) is 0 Å². The van der Waals surface area contributed by atoms with Crippen LogP contribution in [-0.4, -0.2) is 18.1 Å². The van der Waals surface area contributed by atoms with Gasteiger partial charge in [-0.15, -0.1) is 0 Å². The SMILES string of the molecule is CC(C)c1ccc2cncc(N3CCCCC3)c2c1. The van der Waals surface area contributed by atoms with Crippen molar-refractivity contribution in [2.24, 2.45) is 0 Å². The van der Waals surface area contributed by atoms with Crippen molar-refractivity contribution < 1.29 is 0 Å². The van der Waals surface area contributed by atoms with E-state index in [2.05, 4.69) is 41.9 Å². The number of hydrogen-bond acceptors (Lipinski definition) is 2. The number of anilines is 1. The first kappa shape index (κ1) is 12.5. The molecule has 1 fully saturated rings. The standard InChI is InChI=1S/C17H22N2/c1-13(2)14-6-7-15-11-18-12-17(16(15)10-14)19-8-4-3-5-9-19/h6-7,10-13H,3-5,8-9H2,1-2H3. The molecular weight excluding hydrogens is 232 g/mol. The summed E-state index contributed by atoms with van der Waals surface area (Å²) in [4.78, 5) is 6.92. The molecule has 2 heterocycles. The average Bonchev–Trinajstić information content (AvgIpc) is 2.47. The van der Waals surface area contributed by atoms with Crippen molar-refractivity contribution in [1.29, 1.82) is 0 Å². The number of aromatic nitrogens is 1. The van der Waals surface area contributed by atoms with Gasteiger partial charge in [0.15, 0.2) is 0 Å². The van der Waals surface area contributed by atoms with Crippen LogP contribution in [0.25, 0.3) is 10.8 Å². The lowest BCUT2D eigenvalue weighted by Gasteiger charge is -2.29. The van der Waals surface area contributed by atoms with Gasteiger partial charge in [-0.2, -0.15) is 0 Å². The average molecular weight is 254 g/mol. The van der Waals surface area contributed by atoms with Crippen LogP contribution in [0.1, 0.15) is 44.6 Å². The second kappa shape index (κ2) is 5.20. The molecule has 1 aromatic heterocycles. The van der Waals surface area contributed by atoms with Gasteiger partial charge in [0, 0.05) is 30.1 Å². The van der Waals surface area contributed by atoms with Crippen LogP contribution in [0.2, 0.25) is 0 Å². The number of rotatable bonds is 2. The van der Waals surface area contributed by atoms with E-state index in [4.69, 9.17) is 0 Å². The predicted molar refractivity (Wildman–Crippen MR) is 81.9 cm³/mol. The van der Waals surface area contributed by atoms with Crippen molar-refractivity contribution in [2.45, 2.75) is 39.0 Å². The minimum atomic E-state index is 0.576. The third-order valence-corrected chi connectivity index (χ3v) is 4.13. The number of pyridine rings is 1. The van der Waals surface area contributed by atoms with Gasteiger partial charge in [0.25, 0.3) is 0 Å². The molecule has 3 rings (SSSR count). The molecule has 2 aromatic rings. The van der Waals surface area contributed by atoms with Crippen LogP contribution in [-0.2, 0) is 0 Å². The van der Waals surface area contributed by atoms with E-state index in [9.17, 15) is 0 Å². The lowest BCUT2D eigenvalue weighted by atomic mass is 9.99. The first-order valence-corrected chi connectivity index (χ1v) is 7.38. The van der Waals surface area contributed by atoms with Crippen LogP contribution in [0.4, 0.5) is 5.69 Å². The Bertz CT molecular complexity index is 568. The van der Waals surface area contributed by atoms with Crippen molar-refractivity contribution in [1.82, 2.24) is 4.98 Å². The van der Waals surface area contributed by atoms with Crippen molar-refractivity contribution >= 4 is 16.5 Å². The van der Waals surface area contributed by atoms with Crippen molar-refractivity contribution in [2.75, 3.05) is 18.0 Å². The largest absolute Gasteiger partial charge is 0.370 e. The van der Waals surface area contributed by atoms with Gasteiger partial charge in [-0.3, -0.25) is 4.98 Å². The molecule has 2 nitrogen and oxygen atoms in total. The van der Waals surface area contributed by atoms with Gasteiger partial charge in [0.1, 0.15) is 0 Å². The third-order valence-electron chi connectivity index (χ3n) is 4.13. The number of fused-ring (bicyclic) bond motifs is 1. The van der Waals surface area contributed by atoms with E-state index in [-0.39, 0.29) is 0 Å². The Balaban J connectivity index is 2.09. The molecule has 0 radical (unpaired) electrons. The number of benzene rings is 1. The molecule has 0 N–H and O–H groups in total. The molecule has 1 aliphatic heterocycles. The van der Waals surface area contributed by atoms with Crippen LogP contribution in [0.5, 0.6) is 0 Å². The summed E-state index contributed by atoms with van der Waals surface area (Å²) in [6.45, 7) is 6.85. The van der Waals surface area contributed by atoms with Crippen LogP contribution in [0.15, 0.2) is 30.6 Å². The normalized spacial score (nSPS) is 16.3. The summed E-state index contributed by atoms with van der Waals surface area (Å²) in [6.07, 6.45) is 8.00. The smallest absolute Gasteiger partial charge is 0.0632 e. The highest BCUT2D eigenvalue weighted by Crippen LogP contribution is 2.30. The fourth-order valence-corrected chi connectivity index (χ4v) is 2.91. The van der Waals surface area contributed by atoms with Gasteiger partial charge >= 0.3 is 0 Å². The molecule has 1 saturated heterocycles. The molecule has 1 aromatic carbocycles. The highest BCUT2D eigenvalue weighted by Gasteiger charge is 2.14. The molecule has 0 unspecified atom stereocenters. The number of hydrogen-bond donors (Lipinski definition) is 0. The summed E-state index contributed by atoms with van der Waals surface area (Å²) in [5, 5.41) is 2.62. The Morgan fingerprint density at radius 2 is 1.84 bits per heavy atom. The molecule has 0 spiro atoms. The lowest BCUT2D eigenvalue weighted by Crippen LogP contribution is -2.29. The van der Waals surface area contributed by atoms with E-state index in [0.29, 0.717) is 5.92 Å². The minimum Gasteiger partial charge on any atom is -0.370 e. The van der Waals surface area contributed by atoms with Gasteiger partial charge in [0.2, 0.25) is 0 Å². The second-order valence-corrected chi connectivity index (χ2v) is 5.84. The first-order chi connectivity index (χ1) is 9.25. The Kier molecular flexibility index (Phi) is 3.41. The van der Waals surface area contributed by atoms with Gasteiger partial charge in [-0.05, 0) is 36.8 Å². The van der Waals surface area contributed by atoms with E-state index in [1.54, 1.807) is 0 Å². The second-order valence-electron chi connectivity index (χ2n) is 5.84. The Labute approximate surface area is 115 Å². The fraction of sp³-hybridized carbons (Fsp3) is 0.471. The molecule has 100 valence electrons. The molecule has 2 heteroatoms. The zero-order valence-electron chi connectivity index (χ0n) is 11.9. The molecular formula is C17H22N2. The first-order valence-electron chi connectivity index (χ1n) is 7.38. The van der Waals surface area contributed by atoms with Gasteiger partial charge in [-0.25, -0.2) is 0 Å². The number of nitrogens with zero attached hydrogens (tertiary/aromatic N) is 2. The summed E-state index contributed by atoms with van der Waals surface area (Å²) in [5.74, 6) is 0.576. The topological polar surface area (TPSA) is 16.1 Å². The Morgan fingerprint density at radius 3 is 2.58 bits per heavy atom. The fourth-order valence-electron chi connectivity index (χ4n) is 2.91. The zero-order chi connectivity index (χ0) is 13.2. The summed E-state index contributed by atoms with van der Waals surface area (Å²) in [5.41, 5.74) is 2.73. The number of piperidine rings is 1. The summed E-state index contributed by atoms with van der Waals surface area (Å²) < 4.78 is 0. The van der Waals surface area contributed by atoms with Crippen molar-refractivity contribution in [3.63, 3.8) is 0 Å². The van der Waals surface area contributed by atoms with Crippen LogP contribution >= 0.6 is 0 Å². The highest BCUT2D eigenvalue weighted by molar-refractivity contribution is 5.94. The predicted octanol–water partition coefficient (Wildman–Crippen LogP) is 4.35. The van der Waals surface area contributed by atoms with Crippen LogP contribution in [0.3, 0.4) is 0 Å². The quantitative estimate of drug-likeness (QED) is 0.792. The molecule has 0 aliphatic carbocycles. The molecule has 1 aliphatic rings. The van der Waals surface area contributed by atoms with E-state index in [1.165, 1.54) is 54.4 Å². The molecule has 0 amide bonds. The summed E-state index contributed by atoms with van der Waals surface area (Å²) in [7, 11) is 0. The molecule has 0 atom stereocenters. The highest BCUT2D eigenvalue weighted by atomic mass is 15.1. The lowest BCUT2D eigenvalue weighted by molar-refractivity contribution is 0.578. The van der Waals surface area contributed by atoms with Gasteiger partial charge in [-0.1, -0.05) is 26.0 Å². The summed E-state index contributed by atoms with van der Waals surface area (Å²) >= 11 is 0. The van der Waals surface area contributed by atoms with Crippen LogP contribution in [0, 0.1) is 0 Å². The molecule has 0 bridgehead atoms. The van der Waals surface area contributed by atoms with Gasteiger partial charge < -0.3 is 4.90 Å². The van der Waals surface area contributed by atoms with E-state index >= 15 is 0 Å². The van der Waals surface area contributed by atoms with Crippen LogP contribution < -0.4 is 4.90 Å². The monoisotopic (exact) mass is 254 g/mol.